The predicted molar refractivity (Wildman–Crippen MR) is 127 cm³/mol. The summed E-state index contributed by atoms with van der Waals surface area (Å²) in [6, 6.07) is 17.5. The Morgan fingerprint density at radius 2 is 0.656 bits per heavy atom. The highest BCUT2D eigenvalue weighted by atomic mass is 16.5. The van der Waals surface area contributed by atoms with E-state index in [0.717, 1.165) is 44.5 Å². The second-order valence-corrected chi connectivity index (χ2v) is 8.41. The van der Waals surface area contributed by atoms with Gasteiger partial charge in [0.25, 0.3) is 0 Å². The molecule has 0 saturated heterocycles. The number of rotatable bonds is 4. The fraction of sp³-hybridized carbons (Fsp3) is 0.214. The van der Waals surface area contributed by atoms with Gasteiger partial charge in [0.05, 0.1) is 28.4 Å². The third-order valence-corrected chi connectivity index (χ3v) is 6.93. The molecule has 0 aromatic heterocycles. The molecule has 160 valence electrons. The molecule has 4 nitrogen and oxygen atoms in total. The van der Waals surface area contributed by atoms with E-state index in [0.29, 0.717) is 0 Å². The van der Waals surface area contributed by atoms with E-state index in [2.05, 4.69) is 60.7 Å². The van der Waals surface area contributed by atoms with E-state index >= 15 is 0 Å². The van der Waals surface area contributed by atoms with Crippen LogP contribution in [0, 0.1) is 0 Å². The maximum Gasteiger partial charge on any atom is 0.161 e. The van der Waals surface area contributed by atoms with Gasteiger partial charge in [0.15, 0.2) is 23.0 Å². The summed E-state index contributed by atoms with van der Waals surface area (Å²) in [5.74, 6) is 3.49. The Morgan fingerprint density at radius 1 is 0.406 bits per heavy atom. The highest BCUT2D eigenvalue weighted by molar-refractivity contribution is 5.92. The van der Waals surface area contributed by atoms with Crippen molar-refractivity contribution in [1.82, 2.24) is 0 Å². The van der Waals surface area contributed by atoms with Crippen LogP contribution in [0.2, 0.25) is 0 Å². The molecular formula is C28H24O4. The van der Waals surface area contributed by atoms with Gasteiger partial charge in [-0.05, 0) is 92.3 Å². The van der Waals surface area contributed by atoms with Crippen molar-refractivity contribution in [3.05, 3.63) is 82.9 Å². The fourth-order valence-electron chi connectivity index (χ4n) is 5.37. The summed E-state index contributed by atoms with van der Waals surface area (Å²) in [7, 11) is 6.71. The molecule has 2 bridgehead atoms. The first-order valence-corrected chi connectivity index (χ1v) is 10.7. The van der Waals surface area contributed by atoms with Crippen LogP contribution in [-0.2, 0) is 0 Å². The predicted octanol–water partition coefficient (Wildman–Crippen LogP) is 6.17. The molecule has 32 heavy (non-hydrogen) atoms. The Hall–Kier alpha value is -3.66. The second-order valence-electron chi connectivity index (χ2n) is 8.41. The number of fused-ring (bicyclic) bond motifs is 2. The average Bonchev–Trinajstić information content (AvgIpc) is 2.84. The van der Waals surface area contributed by atoms with E-state index in [1.54, 1.807) is 28.4 Å². The molecule has 0 aliphatic heterocycles. The number of benzene rings is 4. The van der Waals surface area contributed by atoms with Gasteiger partial charge in [-0.3, -0.25) is 0 Å². The van der Waals surface area contributed by atoms with Crippen LogP contribution in [0.4, 0.5) is 0 Å². The van der Waals surface area contributed by atoms with Gasteiger partial charge in [0.2, 0.25) is 0 Å². The molecular weight excluding hydrogens is 400 g/mol. The van der Waals surface area contributed by atoms with E-state index in [-0.39, 0.29) is 11.8 Å². The van der Waals surface area contributed by atoms with Crippen LogP contribution >= 0.6 is 0 Å². The Bertz CT molecular complexity index is 1220. The van der Waals surface area contributed by atoms with Gasteiger partial charge in [0, 0.05) is 11.8 Å². The summed E-state index contributed by atoms with van der Waals surface area (Å²) in [6.45, 7) is 0. The maximum atomic E-state index is 5.53. The molecule has 0 saturated carbocycles. The van der Waals surface area contributed by atoms with Crippen molar-refractivity contribution in [3.63, 3.8) is 0 Å². The Morgan fingerprint density at radius 3 is 0.875 bits per heavy atom. The third kappa shape index (κ3) is 2.56. The zero-order chi connectivity index (χ0) is 22.0. The lowest BCUT2D eigenvalue weighted by molar-refractivity contribution is 0.356. The minimum atomic E-state index is 0.236. The molecule has 0 atom stereocenters. The van der Waals surface area contributed by atoms with Crippen molar-refractivity contribution in [2.75, 3.05) is 28.4 Å². The Labute approximate surface area is 187 Å². The van der Waals surface area contributed by atoms with Crippen LogP contribution in [0.25, 0.3) is 21.5 Å². The van der Waals surface area contributed by atoms with Crippen molar-refractivity contribution in [1.29, 1.82) is 0 Å². The maximum absolute atomic E-state index is 5.53. The first-order chi connectivity index (χ1) is 15.6. The van der Waals surface area contributed by atoms with E-state index in [1.807, 2.05) is 0 Å². The molecule has 0 fully saturated rings. The van der Waals surface area contributed by atoms with Gasteiger partial charge in [0.1, 0.15) is 0 Å². The highest BCUT2D eigenvalue weighted by Crippen LogP contribution is 2.51. The van der Waals surface area contributed by atoms with Gasteiger partial charge < -0.3 is 18.9 Å². The summed E-state index contributed by atoms with van der Waals surface area (Å²) >= 11 is 0. The first kappa shape index (κ1) is 19.1. The van der Waals surface area contributed by atoms with Gasteiger partial charge in [-0.15, -0.1) is 0 Å². The van der Waals surface area contributed by atoms with Gasteiger partial charge in [-0.25, -0.2) is 0 Å². The molecule has 0 unspecified atom stereocenters. The van der Waals surface area contributed by atoms with Crippen LogP contribution in [0.15, 0.2) is 60.7 Å². The molecule has 4 heteroatoms. The number of allylic oxidation sites excluding steroid dienone is 2. The lowest BCUT2D eigenvalue weighted by atomic mass is 9.67. The molecule has 3 aliphatic rings. The van der Waals surface area contributed by atoms with E-state index in [4.69, 9.17) is 18.9 Å². The number of methoxy groups -OCH3 is 4. The lowest BCUT2D eigenvalue weighted by Gasteiger charge is -2.37. The van der Waals surface area contributed by atoms with Crippen molar-refractivity contribution in [2.24, 2.45) is 0 Å². The SMILES string of the molecule is COc1cc2cc3c(cc2cc1OC)C1C=CC3c2cc3cc(OC)c(OC)cc3cc21. The van der Waals surface area contributed by atoms with E-state index in [9.17, 15) is 0 Å². The minimum absolute atomic E-state index is 0.236. The average molecular weight is 424 g/mol. The smallest absolute Gasteiger partial charge is 0.161 e. The lowest BCUT2D eigenvalue weighted by Crippen LogP contribution is -2.20. The molecule has 0 N–H and O–H groups in total. The fourth-order valence-corrected chi connectivity index (χ4v) is 5.37. The third-order valence-electron chi connectivity index (χ3n) is 6.93. The number of ether oxygens (including phenoxy) is 4. The topological polar surface area (TPSA) is 36.9 Å². The number of hydrogen-bond acceptors (Lipinski definition) is 4. The molecule has 0 radical (unpaired) electrons. The second kappa shape index (κ2) is 6.92. The summed E-state index contributed by atoms with van der Waals surface area (Å²) in [5.41, 5.74) is 5.46. The van der Waals surface area contributed by atoms with Crippen molar-refractivity contribution in [2.45, 2.75) is 11.8 Å². The van der Waals surface area contributed by atoms with Crippen LogP contribution in [0.5, 0.6) is 23.0 Å². The van der Waals surface area contributed by atoms with Crippen molar-refractivity contribution in [3.8, 4) is 23.0 Å². The van der Waals surface area contributed by atoms with Gasteiger partial charge in [-0.2, -0.15) is 0 Å². The number of hydrogen-bond donors (Lipinski definition) is 0. The molecule has 0 spiro atoms. The quantitative estimate of drug-likeness (QED) is 0.367. The van der Waals surface area contributed by atoms with Crippen molar-refractivity contribution < 1.29 is 18.9 Å². The van der Waals surface area contributed by atoms with Gasteiger partial charge in [-0.1, -0.05) is 12.2 Å². The first-order valence-electron chi connectivity index (χ1n) is 10.7. The molecule has 0 amide bonds. The largest absolute Gasteiger partial charge is 0.493 e. The summed E-state index contributed by atoms with van der Waals surface area (Å²) < 4.78 is 22.1. The van der Waals surface area contributed by atoms with Gasteiger partial charge >= 0.3 is 0 Å². The van der Waals surface area contributed by atoms with E-state index < -0.39 is 0 Å². The standard InChI is InChI=1S/C28H24O4/c1-29-25-11-15-7-21-19-5-6-20(22(21)8-16(15)12-26(25)30-2)24-10-18-14-28(32-4)27(31-3)13-17(18)9-23(19)24/h5-14,19-20H,1-4H3. The molecule has 4 aromatic carbocycles. The van der Waals surface area contributed by atoms with Crippen molar-refractivity contribution >= 4 is 21.5 Å². The monoisotopic (exact) mass is 424 g/mol. The minimum Gasteiger partial charge on any atom is -0.493 e. The Balaban J connectivity index is 1.56. The van der Waals surface area contributed by atoms with E-state index in [1.165, 1.54) is 22.3 Å². The van der Waals surface area contributed by atoms with Crippen LogP contribution in [0.1, 0.15) is 34.1 Å². The summed E-state index contributed by atoms with van der Waals surface area (Å²) in [4.78, 5) is 0. The van der Waals surface area contributed by atoms with Crippen LogP contribution in [-0.4, -0.2) is 28.4 Å². The summed E-state index contributed by atoms with van der Waals surface area (Å²) in [5, 5.41) is 4.65. The van der Waals surface area contributed by atoms with Crippen LogP contribution < -0.4 is 18.9 Å². The van der Waals surface area contributed by atoms with Crippen LogP contribution in [0.3, 0.4) is 0 Å². The zero-order valence-corrected chi connectivity index (χ0v) is 18.6. The molecule has 4 aromatic rings. The Kier molecular flexibility index (Phi) is 4.12. The molecule has 7 rings (SSSR count). The zero-order valence-electron chi connectivity index (χ0n) is 18.6. The molecule has 0 heterocycles. The summed E-state index contributed by atoms with van der Waals surface area (Å²) in [6.07, 6.45) is 4.68. The normalized spacial score (nSPS) is 17.9. The molecule has 3 aliphatic carbocycles. The highest BCUT2D eigenvalue weighted by Gasteiger charge is 2.34.